The van der Waals surface area contributed by atoms with Gasteiger partial charge in [0.25, 0.3) is 0 Å². The molecular weight excluding hydrogens is 174 g/mol. The van der Waals surface area contributed by atoms with Crippen LogP contribution in [0.1, 0.15) is 12.5 Å². The van der Waals surface area contributed by atoms with E-state index in [1.165, 1.54) is 5.56 Å². The van der Waals surface area contributed by atoms with Gasteiger partial charge in [0.2, 0.25) is 0 Å². The minimum atomic E-state index is 0.897. The van der Waals surface area contributed by atoms with Crippen LogP contribution < -0.4 is 10.1 Å². The van der Waals surface area contributed by atoms with Crippen molar-refractivity contribution in [2.45, 2.75) is 13.5 Å². The molecule has 14 heavy (non-hydrogen) atoms. The van der Waals surface area contributed by atoms with Crippen molar-refractivity contribution in [1.29, 1.82) is 0 Å². The number of hydrogen-bond donors (Lipinski definition) is 1. The Morgan fingerprint density at radius 3 is 2.57 bits per heavy atom. The van der Waals surface area contributed by atoms with E-state index >= 15 is 0 Å². The maximum atomic E-state index is 5.08. The summed E-state index contributed by atoms with van der Waals surface area (Å²) in [5, 5.41) is 3.31. The predicted molar refractivity (Wildman–Crippen MR) is 59.5 cm³/mol. The molecule has 0 heterocycles. The molecule has 0 atom stereocenters. The summed E-state index contributed by atoms with van der Waals surface area (Å²) in [6, 6.07) is 8.10. The van der Waals surface area contributed by atoms with Gasteiger partial charge in [-0.15, -0.1) is 0 Å². The largest absolute Gasteiger partial charge is 0.497 e. The highest BCUT2D eigenvalue weighted by molar-refractivity contribution is 5.26. The molecule has 2 nitrogen and oxygen atoms in total. The zero-order chi connectivity index (χ0) is 10.2. The van der Waals surface area contributed by atoms with Crippen molar-refractivity contribution in [3.8, 4) is 5.75 Å². The van der Waals surface area contributed by atoms with E-state index in [4.69, 9.17) is 4.74 Å². The van der Waals surface area contributed by atoms with E-state index in [0.717, 1.165) is 18.8 Å². The third kappa shape index (κ3) is 3.62. The Bertz CT molecular complexity index is 277. The quantitative estimate of drug-likeness (QED) is 0.570. The first-order valence-electron chi connectivity index (χ1n) is 4.81. The lowest BCUT2D eigenvalue weighted by molar-refractivity contribution is 0.414. The molecule has 2 heteroatoms. The Balaban J connectivity index is 2.36. The van der Waals surface area contributed by atoms with E-state index < -0.39 is 0 Å². The molecule has 1 aromatic carbocycles. The van der Waals surface area contributed by atoms with Crippen LogP contribution in [0.5, 0.6) is 5.75 Å². The van der Waals surface area contributed by atoms with Crippen LogP contribution in [-0.2, 0) is 6.54 Å². The van der Waals surface area contributed by atoms with E-state index in [1.54, 1.807) is 7.11 Å². The Labute approximate surface area is 85.6 Å². The third-order valence-electron chi connectivity index (χ3n) is 1.99. The van der Waals surface area contributed by atoms with Gasteiger partial charge in [-0.25, -0.2) is 0 Å². The molecular formula is C12H17NO. The van der Waals surface area contributed by atoms with Crippen LogP contribution in [0.2, 0.25) is 0 Å². The van der Waals surface area contributed by atoms with Crippen LogP contribution in [0.15, 0.2) is 36.4 Å². The Hall–Kier alpha value is -1.28. The van der Waals surface area contributed by atoms with Crippen molar-refractivity contribution in [3.63, 3.8) is 0 Å². The first-order valence-corrected chi connectivity index (χ1v) is 4.81. The number of nitrogens with one attached hydrogen (secondary N) is 1. The van der Waals surface area contributed by atoms with Crippen LogP contribution >= 0.6 is 0 Å². The first kappa shape index (κ1) is 10.8. The maximum absolute atomic E-state index is 5.08. The number of ether oxygens (including phenoxy) is 1. The second kappa shape index (κ2) is 6.22. The smallest absolute Gasteiger partial charge is 0.118 e. The Morgan fingerprint density at radius 1 is 1.29 bits per heavy atom. The molecule has 0 radical (unpaired) electrons. The molecule has 0 saturated heterocycles. The van der Waals surface area contributed by atoms with Gasteiger partial charge in [-0.2, -0.15) is 0 Å². The molecule has 0 aliphatic heterocycles. The van der Waals surface area contributed by atoms with Crippen molar-refractivity contribution in [3.05, 3.63) is 42.0 Å². The SMILES string of the molecule is C/C=C/CNCc1ccc(OC)cc1. The molecule has 0 unspecified atom stereocenters. The van der Waals surface area contributed by atoms with E-state index in [-0.39, 0.29) is 0 Å². The van der Waals surface area contributed by atoms with Crippen LogP contribution in [0, 0.1) is 0 Å². The predicted octanol–water partition coefficient (Wildman–Crippen LogP) is 2.36. The summed E-state index contributed by atoms with van der Waals surface area (Å²) < 4.78 is 5.08. The van der Waals surface area contributed by atoms with Gasteiger partial charge >= 0.3 is 0 Å². The van der Waals surface area contributed by atoms with Crippen molar-refractivity contribution in [1.82, 2.24) is 5.32 Å². The Morgan fingerprint density at radius 2 is 2.00 bits per heavy atom. The third-order valence-corrected chi connectivity index (χ3v) is 1.99. The van der Waals surface area contributed by atoms with Crippen molar-refractivity contribution >= 4 is 0 Å². The van der Waals surface area contributed by atoms with Gasteiger partial charge in [-0.3, -0.25) is 0 Å². The summed E-state index contributed by atoms with van der Waals surface area (Å²) in [4.78, 5) is 0. The zero-order valence-electron chi connectivity index (χ0n) is 8.79. The molecule has 1 N–H and O–H groups in total. The molecule has 0 aliphatic carbocycles. The summed E-state index contributed by atoms with van der Waals surface area (Å²) in [5.74, 6) is 0.905. The summed E-state index contributed by atoms with van der Waals surface area (Å²) in [6.07, 6.45) is 4.14. The highest BCUT2D eigenvalue weighted by atomic mass is 16.5. The normalized spacial score (nSPS) is 10.7. The van der Waals surface area contributed by atoms with E-state index in [1.807, 2.05) is 25.1 Å². The topological polar surface area (TPSA) is 21.3 Å². The lowest BCUT2D eigenvalue weighted by atomic mass is 10.2. The lowest BCUT2D eigenvalue weighted by Crippen LogP contribution is -2.12. The van der Waals surface area contributed by atoms with Crippen molar-refractivity contribution in [2.24, 2.45) is 0 Å². The fraction of sp³-hybridized carbons (Fsp3) is 0.333. The second-order valence-electron chi connectivity index (χ2n) is 3.05. The summed E-state index contributed by atoms with van der Waals surface area (Å²) >= 11 is 0. The van der Waals surface area contributed by atoms with Crippen molar-refractivity contribution < 1.29 is 4.74 Å². The van der Waals surface area contributed by atoms with E-state index in [0.29, 0.717) is 0 Å². The van der Waals surface area contributed by atoms with Crippen LogP contribution in [0.4, 0.5) is 0 Å². The van der Waals surface area contributed by atoms with Crippen LogP contribution in [-0.4, -0.2) is 13.7 Å². The summed E-state index contributed by atoms with van der Waals surface area (Å²) in [7, 11) is 1.68. The molecule has 0 aromatic heterocycles. The fourth-order valence-corrected chi connectivity index (χ4v) is 1.16. The van der Waals surface area contributed by atoms with Gasteiger partial charge in [0.15, 0.2) is 0 Å². The molecule has 76 valence electrons. The van der Waals surface area contributed by atoms with Gasteiger partial charge in [0.1, 0.15) is 5.75 Å². The number of allylic oxidation sites excluding steroid dienone is 1. The standard InChI is InChI=1S/C12H17NO/c1-3-4-9-13-10-11-5-7-12(14-2)8-6-11/h3-8,13H,9-10H2,1-2H3/b4-3+. The van der Waals surface area contributed by atoms with E-state index in [2.05, 4.69) is 23.5 Å². The van der Waals surface area contributed by atoms with Gasteiger partial charge < -0.3 is 10.1 Å². The monoisotopic (exact) mass is 191 g/mol. The molecule has 0 saturated carbocycles. The number of hydrogen-bond acceptors (Lipinski definition) is 2. The second-order valence-corrected chi connectivity index (χ2v) is 3.05. The molecule has 1 rings (SSSR count). The average Bonchev–Trinajstić information content (AvgIpc) is 2.25. The number of methoxy groups -OCH3 is 1. The minimum Gasteiger partial charge on any atom is -0.497 e. The zero-order valence-corrected chi connectivity index (χ0v) is 8.79. The Kier molecular flexibility index (Phi) is 4.79. The van der Waals surface area contributed by atoms with Gasteiger partial charge in [-0.1, -0.05) is 24.3 Å². The van der Waals surface area contributed by atoms with Gasteiger partial charge in [0.05, 0.1) is 7.11 Å². The maximum Gasteiger partial charge on any atom is 0.118 e. The molecule has 0 aliphatic rings. The van der Waals surface area contributed by atoms with E-state index in [9.17, 15) is 0 Å². The average molecular weight is 191 g/mol. The van der Waals surface area contributed by atoms with Crippen LogP contribution in [0.3, 0.4) is 0 Å². The van der Waals surface area contributed by atoms with Crippen molar-refractivity contribution in [2.75, 3.05) is 13.7 Å². The summed E-state index contributed by atoms with van der Waals surface area (Å²) in [6.45, 7) is 3.84. The molecule has 0 fully saturated rings. The first-order chi connectivity index (χ1) is 6.86. The summed E-state index contributed by atoms with van der Waals surface area (Å²) in [5.41, 5.74) is 1.27. The molecule has 0 amide bonds. The van der Waals surface area contributed by atoms with Gasteiger partial charge in [-0.05, 0) is 24.6 Å². The molecule has 1 aromatic rings. The molecule has 0 bridgehead atoms. The van der Waals surface area contributed by atoms with Crippen LogP contribution in [0.25, 0.3) is 0 Å². The highest BCUT2D eigenvalue weighted by Gasteiger charge is 1.92. The fourth-order valence-electron chi connectivity index (χ4n) is 1.16. The number of benzene rings is 1. The lowest BCUT2D eigenvalue weighted by Gasteiger charge is -2.03. The van der Waals surface area contributed by atoms with Gasteiger partial charge in [0, 0.05) is 13.1 Å². The highest BCUT2D eigenvalue weighted by Crippen LogP contribution is 2.10. The number of rotatable bonds is 5. The minimum absolute atomic E-state index is 0.897. The molecule has 0 spiro atoms.